The summed E-state index contributed by atoms with van der Waals surface area (Å²) >= 11 is 0. The highest BCUT2D eigenvalue weighted by atomic mass is 19.1. The van der Waals surface area contributed by atoms with E-state index in [1.807, 2.05) is 0 Å². The number of nitrogens with zero attached hydrogens (tertiary/aromatic N) is 3. The summed E-state index contributed by atoms with van der Waals surface area (Å²) in [6.07, 6.45) is 1.36. The van der Waals surface area contributed by atoms with Gasteiger partial charge in [-0.25, -0.2) is 14.2 Å². The summed E-state index contributed by atoms with van der Waals surface area (Å²) in [5, 5.41) is 12.8. The van der Waals surface area contributed by atoms with Crippen molar-refractivity contribution in [3.8, 4) is 5.75 Å². The summed E-state index contributed by atoms with van der Waals surface area (Å²) in [6, 6.07) is 3.32. The zero-order valence-corrected chi connectivity index (χ0v) is 9.50. The van der Waals surface area contributed by atoms with E-state index in [1.165, 1.54) is 17.1 Å². The maximum atomic E-state index is 12.9. The Hall–Kier alpha value is -2.44. The molecule has 0 aliphatic heterocycles. The van der Waals surface area contributed by atoms with Crippen LogP contribution in [0.3, 0.4) is 0 Å². The fourth-order valence-corrected chi connectivity index (χ4v) is 1.39. The van der Waals surface area contributed by atoms with Crippen LogP contribution in [0.5, 0.6) is 5.75 Å². The number of rotatable bonds is 4. The van der Waals surface area contributed by atoms with E-state index in [4.69, 9.17) is 9.84 Å². The van der Waals surface area contributed by atoms with Gasteiger partial charge in [0.15, 0.2) is 5.82 Å². The highest BCUT2D eigenvalue weighted by Crippen LogP contribution is 2.20. The molecule has 1 aromatic carbocycles. The Morgan fingerprint density at radius 2 is 2.33 bits per heavy atom. The Kier molecular flexibility index (Phi) is 3.22. The molecule has 1 N–H and O–H groups in total. The molecule has 0 aliphatic rings. The zero-order valence-electron chi connectivity index (χ0n) is 9.50. The molecular weight excluding hydrogens is 241 g/mol. The van der Waals surface area contributed by atoms with Crippen LogP contribution in [0.2, 0.25) is 0 Å². The number of halogens is 1. The molecule has 18 heavy (non-hydrogen) atoms. The predicted molar refractivity (Wildman–Crippen MR) is 58.7 cm³/mol. The van der Waals surface area contributed by atoms with Gasteiger partial charge in [0.1, 0.15) is 30.1 Å². The van der Waals surface area contributed by atoms with Gasteiger partial charge in [-0.1, -0.05) is 0 Å². The lowest BCUT2D eigenvalue weighted by Gasteiger charge is -2.08. The molecular formula is C11H10FN3O3. The van der Waals surface area contributed by atoms with Crippen LogP contribution in [0.25, 0.3) is 0 Å². The minimum absolute atomic E-state index is 0.0579. The first-order valence-corrected chi connectivity index (χ1v) is 5.06. The van der Waals surface area contributed by atoms with E-state index >= 15 is 0 Å². The van der Waals surface area contributed by atoms with Gasteiger partial charge in [0.2, 0.25) is 0 Å². The number of carbonyl (C=O) groups is 1. The van der Waals surface area contributed by atoms with Crippen molar-refractivity contribution in [2.45, 2.75) is 6.61 Å². The van der Waals surface area contributed by atoms with Crippen molar-refractivity contribution in [3.63, 3.8) is 0 Å². The average Bonchev–Trinajstić information content (AvgIpc) is 2.73. The lowest BCUT2D eigenvalue weighted by atomic mass is 10.2. The lowest BCUT2D eigenvalue weighted by molar-refractivity contribution is 0.0691. The molecule has 7 heteroatoms. The van der Waals surface area contributed by atoms with Crippen molar-refractivity contribution < 1.29 is 19.0 Å². The quantitative estimate of drug-likeness (QED) is 0.884. The molecule has 0 bridgehead atoms. The second kappa shape index (κ2) is 4.82. The Bertz CT molecular complexity index is 583. The normalized spacial score (nSPS) is 10.3. The van der Waals surface area contributed by atoms with E-state index in [1.54, 1.807) is 7.05 Å². The third-order valence-electron chi connectivity index (χ3n) is 2.33. The molecule has 1 heterocycles. The second-order valence-corrected chi connectivity index (χ2v) is 3.53. The number of carboxylic acid groups (broad SMARTS) is 1. The lowest BCUT2D eigenvalue weighted by Crippen LogP contribution is -2.07. The first kappa shape index (κ1) is 12.0. The molecule has 0 aliphatic carbocycles. The molecule has 0 fully saturated rings. The van der Waals surface area contributed by atoms with E-state index in [9.17, 15) is 9.18 Å². The number of benzene rings is 1. The zero-order chi connectivity index (χ0) is 13.1. The Morgan fingerprint density at radius 3 is 2.94 bits per heavy atom. The van der Waals surface area contributed by atoms with Gasteiger partial charge >= 0.3 is 5.97 Å². The number of aromatic carboxylic acids is 1. The monoisotopic (exact) mass is 251 g/mol. The summed E-state index contributed by atoms with van der Waals surface area (Å²) in [4.78, 5) is 14.9. The predicted octanol–water partition coefficient (Wildman–Crippen LogP) is 1.23. The van der Waals surface area contributed by atoms with Gasteiger partial charge in [0.05, 0.1) is 0 Å². The van der Waals surface area contributed by atoms with Crippen molar-refractivity contribution in [2.24, 2.45) is 7.05 Å². The molecule has 0 atom stereocenters. The van der Waals surface area contributed by atoms with E-state index < -0.39 is 11.8 Å². The molecule has 0 saturated carbocycles. The summed E-state index contributed by atoms with van der Waals surface area (Å²) in [5.41, 5.74) is -0.225. The number of hydrogen-bond donors (Lipinski definition) is 1. The van der Waals surface area contributed by atoms with Gasteiger partial charge in [0.25, 0.3) is 0 Å². The highest BCUT2D eigenvalue weighted by Gasteiger charge is 2.13. The second-order valence-electron chi connectivity index (χ2n) is 3.53. The third kappa shape index (κ3) is 2.45. The van der Waals surface area contributed by atoms with Crippen LogP contribution in [0.4, 0.5) is 4.39 Å². The average molecular weight is 251 g/mol. The molecule has 2 aromatic rings. The number of ether oxygens (including phenoxy) is 1. The van der Waals surface area contributed by atoms with Crippen LogP contribution in [0.1, 0.15) is 16.2 Å². The topological polar surface area (TPSA) is 77.2 Å². The van der Waals surface area contributed by atoms with Crippen LogP contribution < -0.4 is 4.74 Å². The van der Waals surface area contributed by atoms with Crippen molar-refractivity contribution in [1.29, 1.82) is 0 Å². The van der Waals surface area contributed by atoms with Crippen LogP contribution in [-0.2, 0) is 13.7 Å². The summed E-state index contributed by atoms with van der Waals surface area (Å²) in [7, 11) is 1.69. The van der Waals surface area contributed by atoms with Gasteiger partial charge in [0, 0.05) is 7.05 Å². The van der Waals surface area contributed by atoms with Crippen molar-refractivity contribution in [3.05, 3.63) is 41.7 Å². The molecule has 2 rings (SSSR count). The van der Waals surface area contributed by atoms with Crippen molar-refractivity contribution in [2.75, 3.05) is 0 Å². The van der Waals surface area contributed by atoms with Gasteiger partial charge in [-0.15, -0.1) is 0 Å². The molecule has 1 aromatic heterocycles. The first-order valence-electron chi connectivity index (χ1n) is 5.06. The van der Waals surface area contributed by atoms with Gasteiger partial charge in [-0.3, -0.25) is 4.68 Å². The summed E-state index contributed by atoms with van der Waals surface area (Å²) in [6.45, 7) is 0.0579. The van der Waals surface area contributed by atoms with E-state index in [0.717, 1.165) is 12.1 Å². The third-order valence-corrected chi connectivity index (χ3v) is 2.33. The fraction of sp³-hybridized carbons (Fsp3) is 0.182. The van der Waals surface area contributed by atoms with Gasteiger partial charge < -0.3 is 9.84 Å². The standard InChI is InChI=1S/C11H10FN3O3/c1-15-10(13-6-14-15)5-18-9-3-2-7(12)4-8(9)11(16)17/h2-4,6H,5H2,1H3,(H,16,17). The Balaban J connectivity index is 2.19. The van der Waals surface area contributed by atoms with Crippen LogP contribution in [-0.4, -0.2) is 25.8 Å². The number of aryl methyl sites for hydroxylation is 1. The van der Waals surface area contributed by atoms with Crippen molar-refractivity contribution in [1.82, 2.24) is 14.8 Å². The van der Waals surface area contributed by atoms with Crippen LogP contribution >= 0.6 is 0 Å². The number of aromatic nitrogens is 3. The highest BCUT2D eigenvalue weighted by molar-refractivity contribution is 5.90. The minimum Gasteiger partial charge on any atom is -0.485 e. The van der Waals surface area contributed by atoms with Gasteiger partial charge in [-0.2, -0.15) is 5.10 Å². The van der Waals surface area contributed by atoms with Crippen molar-refractivity contribution >= 4 is 5.97 Å². The molecule has 0 amide bonds. The molecule has 94 valence electrons. The summed E-state index contributed by atoms with van der Waals surface area (Å²) in [5.74, 6) is -1.25. The van der Waals surface area contributed by atoms with Gasteiger partial charge in [-0.05, 0) is 18.2 Å². The van der Waals surface area contributed by atoms with E-state index in [-0.39, 0.29) is 17.9 Å². The molecule has 0 saturated heterocycles. The molecule has 0 radical (unpaired) electrons. The Labute approximate surface area is 102 Å². The van der Waals surface area contributed by atoms with E-state index in [2.05, 4.69) is 10.1 Å². The summed E-state index contributed by atoms with van der Waals surface area (Å²) < 4.78 is 19.8. The largest absolute Gasteiger partial charge is 0.485 e. The van der Waals surface area contributed by atoms with E-state index in [0.29, 0.717) is 5.82 Å². The maximum Gasteiger partial charge on any atom is 0.339 e. The molecule has 6 nitrogen and oxygen atoms in total. The minimum atomic E-state index is -1.25. The first-order chi connectivity index (χ1) is 8.58. The van der Waals surface area contributed by atoms with Crippen LogP contribution in [0.15, 0.2) is 24.5 Å². The number of carboxylic acids is 1. The fourth-order valence-electron chi connectivity index (χ4n) is 1.39. The molecule has 0 spiro atoms. The SMILES string of the molecule is Cn1ncnc1COc1ccc(F)cc1C(=O)O. The maximum absolute atomic E-state index is 12.9. The Morgan fingerprint density at radius 1 is 1.56 bits per heavy atom. The smallest absolute Gasteiger partial charge is 0.339 e. The number of hydrogen-bond acceptors (Lipinski definition) is 4. The van der Waals surface area contributed by atoms with Crippen LogP contribution in [0, 0.1) is 5.82 Å². The molecule has 0 unspecified atom stereocenters.